The average Bonchev–Trinajstić information content (AvgIpc) is 3.27. The van der Waals surface area contributed by atoms with Gasteiger partial charge < -0.3 is 10.8 Å². The number of aliphatic carboxylic acids is 1. The van der Waals surface area contributed by atoms with Gasteiger partial charge in [-0.1, -0.05) is 35.3 Å². The monoisotopic (exact) mass is 399 g/mol. The second-order valence-electron chi connectivity index (χ2n) is 6.00. The van der Waals surface area contributed by atoms with Gasteiger partial charge in [0.25, 0.3) is 0 Å². The first-order valence-corrected chi connectivity index (χ1v) is 9.73. The number of hydrogen-bond donors (Lipinski definition) is 2. The molecule has 3 rings (SSSR count). The highest BCUT2D eigenvalue weighted by Crippen LogP contribution is 2.63. The quantitative estimate of drug-likeness (QED) is 0.804. The molecule has 132 valence electrons. The van der Waals surface area contributed by atoms with E-state index in [1.54, 1.807) is 24.3 Å². The predicted molar refractivity (Wildman–Crippen MR) is 95.7 cm³/mol. The van der Waals surface area contributed by atoms with Crippen molar-refractivity contribution in [1.82, 2.24) is 0 Å². The van der Waals surface area contributed by atoms with E-state index in [4.69, 9.17) is 28.9 Å². The molecule has 1 saturated carbocycles. The van der Waals surface area contributed by atoms with Crippen LogP contribution in [0.2, 0.25) is 10.0 Å². The lowest BCUT2D eigenvalue weighted by atomic mass is 9.99. The Morgan fingerprint density at radius 3 is 2.28 bits per heavy atom. The normalized spacial score (nSPS) is 25.6. The molecule has 0 unspecified atom stereocenters. The topological polar surface area (TPSA) is 97.5 Å². The van der Waals surface area contributed by atoms with E-state index in [0.29, 0.717) is 15.6 Å². The van der Waals surface area contributed by atoms with Crippen molar-refractivity contribution in [3.8, 4) is 0 Å². The largest absolute Gasteiger partial charge is 0.481 e. The smallest absolute Gasteiger partial charge is 0.312 e. The number of benzene rings is 2. The first kappa shape index (κ1) is 18.2. The summed E-state index contributed by atoms with van der Waals surface area (Å²) in [5, 5.41) is 9.37. The molecule has 5 nitrogen and oxygen atoms in total. The fourth-order valence-electron chi connectivity index (χ4n) is 3.39. The fraction of sp³-hybridized carbons (Fsp3) is 0.235. The molecule has 0 amide bonds. The second kappa shape index (κ2) is 6.29. The van der Waals surface area contributed by atoms with Gasteiger partial charge in [0, 0.05) is 22.5 Å². The molecule has 0 saturated heterocycles. The summed E-state index contributed by atoms with van der Waals surface area (Å²) in [5.41, 5.74) is 4.69. The maximum atomic E-state index is 13.1. The van der Waals surface area contributed by atoms with E-state index < -0.39 is 32.4 Å². The Labute approximate surface area is 155 Å². The van der Waals surface area contributed by atoms with E-state index in [0.717, 1.165) is 0 Å². The lowest BCUT2D eigenvalue weighted by Crippen LogP contribution is -2.31. The van der Waals surface area contributed by atoms with Gasteiger partial charge in [0.05, 0.1) is 10.1 Å². The standard InChI is InChI=1S/C17H15Cl2NO4S/c18-11-4-6-13(7-5-11)25(23,24)15-14(17(15,9-20)16(21)22)10-2-1-3-12(19)8-10/h1-8,14-15H,9,20H2,(H,21,22)/t14-,15-,17-/m0/s1. The summed E-state index contributed by atoms with van der Waals surface area (Å²) in [5.74, 6) is -2.00. The van der Waals surface area contributed by atoms with Crippen molar-refractivity contribution in [2.45, 2.75) is 16.1 Å². The van der Waals surface area contributed by atoms with Crippen LogP contribution in [0.25, 0.3) is 0 Å². The molecule has 2 aromatic carbocycles. The Bertz CT molecular complexity index is 930. The van der Waals surface area contributed by atoms with Crippen molar-refractivity contribution >= 4 is 39.0 Å². The fourth-order valence-corrected chi connectivity index (χ4v) is 6.10. The number of nitrogens with two attached hydrogens (primary N) is 1. The van der Waals surface area contributed by atoms with Crippen LogP contribution in [-0.2, 0) is 14.6 Å². The third-order valence-corrected chi connectivity index (χ3v) is 7.45. The molecule has 0 spiro atoms. The molecule has 2 aromatic rings. The Morgan fingerprint density at radius 2 is 1.76 bits per heavy atom. The van der Waals surface area contributed by atoms with Gasteiger partial charge in [-0.2, -0.15) is 0 Å². The molecule has 0 aliphatic heterocycles. The zero-order valence-corrected chi connectivity index (χ0v) is 15.2. The van der Waals surface area contributed by atoms with Gasteiger partial charge in [-0.3, -0.25) is 4.79 Å². The van der Waals surface area contributed by atoms with Crippen molar-refractivity contribution in [3.05, 3.63) is 64.1 Å². The molecule has 0 heterocycles. The van der Waals surface area contributed by atoms with Gasteiger partial charge >= 0.3 is 5.97 Å². The van der Waals surface area contributed by atoms with Gasteiger partial charge in [0.15, 0.2) is 9.84 Å². The van der Waals surface area contributed by atoms with E-state index in [-0.39, 0.29) is 11.4 Å². The number of carboxylic acid groups (broad SMARTS) is 1. The molecule has 1 aliphatic rings. The van der Waals surface area contributed by atoms with Crippen molar-refractivity contribution < 1.29 is 18.3 Å². The molecule has 0 aromatic heterocycles. The molecule has 8 heteroatoms. The molecule has 1 aliphatic carbocycles. The number of carboxylic acids is 1. The summed E-state index contributed by atoms with van der Waals surface area (Å²) in [6.45, 7) is -0.295. The summed E-state index contributed by atoms with van der Waals surface area (Å²) in [6.07, 6.45) is 0. The Hall–Kier alpha value is -1.60. The SMILES string of the molecule is NC[C@]1(C(=O)O)[C@@H](c2cccc(Cl)c2)[C@@H]1S(=O)(=O)c1ccc(Cl)cc1. The minimum atomic E-state index is -3.92. The molecule has 0 bridgehead atoms. The highest BCUT2D eigenvalue weighted by atomic mass is 35.5. The third kappa shape index (κ3) is 2.83. The van der Waals surface area contributed by atoms with Gasteiger partial charge in [-0.15, -0.1) is 0 Å². The summed E-state index contributed by atoms with van der Waals surface area (Å²) in [6, 6.07) is 12.2. The minimum absolute atomic E-state index is 0.0190. The summed E-state index contributed by atoms with van der Waals surface area (Å²) in [7, 11) is -3.92. The van der Waals surface area contributed by atoms with Crippen LogP contribution in [0.1, 0.15) is 11.5 Å². The number of rotatable bonds is 5. The van der Waals surface area contributed by atoms with Gasteiger partial charge in [-0.05, 0) is 42.0 Å². The molecular formula is C17H15Cl2NO4S. The van der Waals surface area contributed by atoms with Crippen molar-refractivity contribution in [2.24, 2.45) is 11.1 Å². The van der Waals surface area contributed by atoms with Crippen LogP contribution in [0.4, 0.5) is 0 Å². The van der Waals surface area contributed by atoms with Gasteiger partial charge in [0.1, 0.15) is 5.41 Å². The summed E-state index contributed by atoms with van der Waals surface area (Å²) >= 11 is 11.8. The van der Waals surface area contributed by atoms with Crippen LogP contribution < -0.4 is 5.73 Å². The van der Waals surface area contributed by atoms with Gasteiger partial charge in [-0.25, -0.2) is 8.42 Å². The van der Waals surface area contributed by atoms with E-state index in [1.165, 1.54) is 24.3 Å². The molecule has 3 atom stereocenters. The van der Waals surface area contributed by atoms with Crippen LogP contribution >= 0.6 is 23.2 Å². The number of sulfone groups is 1. The highest BCUT2D eigenvalue weighted by molar-refractivity contribution is 7.92. The van der Waals surface area contributed by atoms with E-state index >= 15 is 0 Å². The Kier molecular flexibility index (Phi) is 4.58. The molecule has 1 fully saturated rings. The van der Waals surface area contributed by atoms with Crippen molar-refractivity contribution in [2.75, 3.05) is 6.54 Å². The maximum absolute atomic E-state index is 13.1. The number of hydrogen-bond acceptors (Lipinski definition) is 4. The van der Waals surface area contributed by atoms with E-state index in [1.807, 2.05) is 0 Å². The maximum Gasteiger partial charge on any atom is 0.312 e. The molecule has 0 radical (unpaired) electrons. The van der Waals surface area contributed by atoms with E-state index in [2.05, 4.69) is 0 Å². The van der Waals surface area contributed by atoms with Crippen LogP contribution in [0, 0.1) is 5.41 Å². The Morgan fingerprint density at radius 1 is 1.12 bits per heavy atom. The zero-order chi connectivity index (χ0) is 18.4. The lowest BCUT2D eigenvalue weighted by molar-refractivity contribution is -0.143. The molecule has 3 N–H and O–H groups in total. The lowest BCUT2D eigenvalue weighted by Gasteiger charge is -2.10. The third-order valence-electron chi connectivity index (χ3n) is 4.68. The summed E-state index contributed by atoms with van der Waals surface area (Å²) < 4.78 is 26.1. The van der Waals surface area contributed by atoms with E-state index in [9.17, 15) is 18.3 Å². The summed E-state index contributed by atoms with van der Waals surface area (Å²) in [4.78, 5) is 11.9. The zero-order valence-electron chi connectivity index (χ0n) is 12.9. The second-order valence-corrected chi connectivity index (χ2v) is 8.94. The average molecular weight is 400 g/mol. The van der Waals surface area contributed by atoms with Crippen molar-refractivity contribution in [3.63, 3.8) is 0 Å². The first-order valence-electron chi connectivity index (χ1n) is 7.43. The Balaban J connectivity index is 2.12. The van der Waals surface area contributed by atoms with Crippen LogP contribution in [-0.4, -0.2) is 31.3 Å². The van der Waals surface area contributed by atoms with Crippen LogP contribution in [0.3, 0.4) is 0 Å². The highest BCUT2D eigenvalue weighted by Gasteiger charge is 2.75. The first-order chi connectivity index (χ1) is 11.7. The van der Waals surface area contributed by atoms with Gasteiger partial charge in [0.2, 0.25) is 0 Å². The minimum Gasteiger partial charge on any atom is -0.481 e. The number of halogens is 2. The van der Waals surface area contributed by atoms with Crippen LogP contribution in [0.15, 0.2) is 53.4 Å². The molecule has 25 heavy (non-hydrogen) atoms. The van der Waals surface area contributed by atoms with Crippen LogP contribution in [0.5, 0.6) is 0 Å². The molecular weight excluding hydrogens is 385 g/mol. The predicted octanol–water partition coefficient (Wildman–Crippen LogP) is 2.96. The van der Waals surface area contributed by atoms with Crippen molar-refractivity contribution in [1.29, 1.82) is 0 Å². The number of carbonyl (C=O) groups is 1.